The van der Waals surface area contributed by atoms with E-state index >= 15 is 0 Å². The molecule has 18 heavy (non-hydrogen) atoms. The van der Waals surface area contributed by atoms with Gasteiger partial charge in [0.25, 0.3) is 10.0 Å². The summed E-state index contributed by atoms with van der Waals surface area (Å²) in [6.45, 7) is 5.14. The molecule has 0 saturated carbocycles. The Morgan fingerprint density at radius 2 is 2.17 bits per heavy atom. The first-order valence-corrected chi connectivity index (χ1v) is 8.53. The summed E-state index contributed by atoms with van der Waals surface area (Å²) in [7, 11) is -3.34. The van der Waals surface area contributed by atoms with E-state index in [1.54, 1.807) is 16.4 Å². The molecule has 2 unspecified atom stereocenters. The van der Waals surface area contributed by atoms with Crippen molar-refractivity contribution < 1.29 is 8.42 Å². The van der Waals surface area contributed by atoms with Gasteiger partial charge in [0.1, 0.15) is 4.21 Å². The lowest BCUT2D eigenvalue weighted by atomic mass is 9.94. The van der Waals surface area contributed by atoms with E-state index in [9.17, 15) is 8.42 Å². The van der Waals surface area contributed by atoms with E-state index in [4.69, 9.17) is 5.73 Å². The van der Waals surface area contributed by atoms with Crippen LogP contribution < -0.4 is 5.73 Å². The number of thiophene rings is 1. The van der Waals surface area contributed by atoms with Gasteiger partial charge in [-0.1, -0.05) is 6.92 Å². The molecule has 1 aromatic heterocycles. The van der Waals surface area contributed by atoms with Crippen molar-refractivity contribution in [1.29, 1.82) is 0 Å². The Balaban J connectivity index is 2.30. The van der Waals surface area contributed by atoms with Gasteiger partial charge in [0.2, 0.25) is 0 Å². The van der Waals surface area contributed by atoms with E-state index in [0.29, 0.717) is 23.2 Å². The van der Waals surface area contributed by atoms with Crippen LogP contribution >= 0.6 is 11.3 Å². The quantitative estimate of drug-likeness (QED) is 0.925. The lowest BCUT2D eigenvalue weighted by Gasteiger charge is -2.36. The topological polar surface area (TPSA) is 63.4 Å². The first kappa shape index (κ1) is 14.0. The number of hydrogen-bond acceptors (Lipinski definition) is 4. The van der Waals surface area contributed by atoms with Crippen LogP contribution in [0.4, 0.5) is 0 Å². The normalized spacial score (nSPS) is 26.4. The number of nitrogens with zero attached hydrogens (tertiary/aromatic N) is 1. The number of rotatable bonds is 3. The van der Waals surface area contributed by atoms with Crippen LogP contribution in [0.5, 0.6) is 0 Å². The van der Waals surface area contributed by atoms with Gasteiger partial charge >= 0.3 is 0 Å². The second kappa shape index (κ2) is 5.28. The standard InChI is InChI=1S/C12H20N2O2S2/c1-9-4-3-7-14(10(9)2)18(15,16)12-6-5-11(8-13)17-12/h5-6,9-10H,3-4,7-8,13H2,1-2H3. The highest BCUT2D eigenvalue weighted by Gasteiger charge is 2.35. The Morgan fingerprint density at radius 3 is 2.78 bits per heavy atom. The van der Waals surface area contributed by atoms with Crippen molar-refractivity contribution >= 4 is 21.4 Å². The Morgan fingerprint density at radius 1 is 1.44 bits per heavy atom. The second-order valence-corrected chi connectivity index (χ2v) is 8.19. The van der Waals surface area contributed by atoms with Gasteiger partial charge in [0, 0.05) is 24.0 Å². The van der Waals surface area contributed by atoms with Crippen LogP contribution in [-0.2, 0) is 16.6 Å². The van der Waals surface area contributed by atoms with Gasteiger partial charge in [0.15, 0.2) is 0 Å². The van der Waals surface area contributed by atoms with Crippen molar-refractivity contribution in [3.05, 3.63) is 17.0 Å². The molecule has 1 fully saturated rings. The van der Waals surface area contributed by atoms with E-state index < -0.39 is 10.0 Å². The fraction of sp³-hybridized carbons (Fsp3) is 0.667. The molecular formula is C12H20N2O2S2. The summed E-state index contributed by atoms with van der Waals surface area (Å²) in [6, 6.07) is 3.55. The molecule has 4 nitrogen and oxygen atoms in total. The maximum absolute atomic E-state index is 12.6. The average Bonchev–Trinajstić information content (AvgIpc) is 2.81. The van der Waals surface area contributed by atoms with Crippen LogP contribution in [0, 0.1) is 5.92 Å². The van der Waals surface area contributed by atoms with Crippen molar-refractivity contribution in [3.63, 3.8) is 0 Å². The van der Waals surface area contributed by atoms with Crippen molar-refractivity contribution in [2.75, 3.05) is 6.54 Å². The smallest absolute Gasteiger partial charge is 0.252 e. The third-order valence-electron chi connectivity index (χ3n) is 3.72. The van der Waals surface area contributed by atoms with Crippen LogP contribution in [0.25, 0.3) is 0 Å². The summed E-state index contributed by atoms with van der Waals surface area (Å²) in [5.41, 5.74) is 5.54. The van der Waals surface area contributed by atoms with E-state index in [2.05, 4.69) is 6.92 Å². The summed E-state index contributed by atoms with van der Waals surface area (Å²) >= 11 is 1.28. The summed E-state index contributed by atoms with van der Waals surface area (Å²) in [4.78, 5) is 0.909. The minimum atomic E-state index is -3.34. The third kappa shape index (κ3) is 2.47. The summed E-state index contributed by atoms with van der Waals surface area (Å²) in [5.74, 6) is 0.419. The highest BCUT2D eigenvalue weighted by Crippen LogP contribution is 2.31. The maximum atomic E-state index is 12.6. The lowest BCUT2D eigenvalue weighted by Crippen LogP contribution is -2.45. The molecule has 1 aromatic rings. The fourth-order valence-corrected chi connectivity index (χ4v) is 5.49. The molecule has 2 heterocycles. The van der Waals surface area contributed by atoms with Crippen LogP contribution in [-0.4, -0.2) is 25.3 Å². The summed E-state index contributed by atoms with van der Waals surface area (Å²) in [5, 5.41) is 0. The SMILES string of the molecule is CC1CCCN(S(=O)(=O)c2ccc(CN)s2)C1C. The largest absolute Gasteiger partial charge is 0.326 e. The number of piperidine rings is 1. The Bertz CT molecular complexity index is 510. The highest BCUT2D eigenvalue weighted by atomic mass is 32.2. The van der Waals surface area contributed by atoms with Crippen molar-refractivity contribution in [1.82, 2.24) is 4.31 Å². The van der Waals surface area contributed by atoms with Gasteiger partial charge in [-0.15, -0.1) is 11.3 Å². The predicted octanol–water partition coefficient (Wildman–Crippen LogP) is 2.02. The zero-order chi connectivity index (χ0) is 13.3. The van der Waals surface area contributed by atoms with Gasteiger partial charge in [0.05, 0.1) is 0 Å². The van der Waals surface area contributed by atoms with Crippen molar-refractivity contribution in [2.45, 2.75) is 43.5 Å². The van der Waals surface area contributed by atoms with Crippen LogP contribution in [0.1, 0.15) is 31.6 Å². The average molecular weight is 288 g/mol. The molecule has 1 saturated heterocycles. The molecule has 0 aromatic carbocycles. The molecule has 102 valence electrons. The van der Waals surface area contributed by atoms with Gasteiger partial charge in [-0.25, -0.2) is 8.42 Å². The molecule has 2 N–H and O–H groups in total. The summed E-state index contributed by atoms with van der Waals surface area (Å²) < 4.78 is 27.2. The number of sulfonamides is 1. The molecular weight excluding hydrogens is 268 g/mol. The molecule has 0 radical (unpaired) electrons. The third-order valence-corrected chi connectivity index (χ3v) is 7.28. The van der Waals surface area contributed by atoms with Crippen molar-refractivity contribution in [2.24, 2.45) is 11.7 Å². The van der Waals surface area contributed by atoms with E-state index in [-0.39, 0.29) is 6.04 Å². The zero-order valence-corrected chi connectivity index (χ0v) is 12.4. The lowest BCUT2D eigenvalue weighted by molar-refractivity contribution is 0.202. The van der Waals surface area contributed by atoms with Crippen LogP contribution in [0.15, 0.2) is 16.3 Å². The van der Waals surface area contributed by atoms with Crippen LogP contribution in [0.2, 0.25) is 0 Å². The van der Waals surface area contributed by atoms with E-state index in [0.717, 1.165) is 17.7 Å². The minimum Gasteiger partial charge on any atom is -0.326 e. The van der Waals surface area contributed by atoms with Gasteiger partial charge in [-0.2, -0.15) is 4.31 Å². The molecule has 0 amide bonds. The molecule has 2 atom stereocenters. The monoisotopic (exact) mass is 288 g/mol. The predicted molar refractivity (Wildman–Crippen MR) is 74.0 cm³/mol. The fourth-order valence-electron chi connectivity index (χ4n) is 2.36. The van der Waals surface area contributed by atoms with Gasteiger partial charge < -0.3 is 5.73 Å². The molecule has 1 aliphatic heterocycles. The molecule has 0 bridgehead atoms. The molecule has 6 heteroatoms. The maximum Gasteiger partial charge on any atom is 0.252 e. The first-order chi connectivity index (χ1) is 8.46. The number of hydrogen-bond donors (Lipinski definition) is 1. The first-order valence-electron chi connectivity index (χ1n) is 6.27. The highest BCUT2D eigenvalue weighted by molar-refractivity contribution is 7.91. The van der Waals surface area contributed by atoms with E-state index in [1.165, 1.54) is 11.3 Å². The second-order valence-electron chi connectivity index (χ2n) is 4.90. The Hall–Kier alpha value is -0.430. The Kier molecular flexibility index (Phi) is 4.11. The Labute approximate surface area is 113 Å². The number of nitrogens with two attached hydrogens (primary N) is 1. The van der Waals surface area contributed by atoms with Crippen LogP contribution in [0.3, 0.4) is 0 Å². The summed E-state index contributed by atoms with van der Waals surface area (Å²) in [6.07, 6.45) is 2.05. The molecule has 1 aliphatic rings. The van der Waals surface area contributed by atoms with Gasteiger partial charge in [-0.05, 0) is 37.8 Å². The zero-order valence-electron chi connectivity index (χ0n) is 10.8. The van der Waals surface area contributed by atoms with Crippen molar-refractivity contribution in [3.8, 4) is 0 Å². The molecule has 2 rings (SSSR count). The molecule has 0 aliphatic carbocycles. The van der Waals surface area contributed by atoms with E-state index in [1.807, 2.05) is 6.92 Å². The molecule has 0 spiro atoms. The minimum absolute atomic E-state index is 0.0761. The van der Waals surface area contributed by atoms with Gasteiger partial charge in [-0.3, -0.25) is 0 Å².